The standard InChI is InChI=1S/C9H13NO5.Na/c1-5(2)8(13)10-6(9(14)15)3-4-7(11)12;/h6H,1,3-4H2,2H3,(H,10,13)(H,11,12)(H,14,15);/q;+1/p-1/t6-;/m0./s1. The minimum absolute atomic E-state index is 0. The van der Waals surface area contributed by atoms with Gasteiger partial charge in [-0.2, -0.15) is 0 Å². The molecule has 2 N–H and O–H groups in total. The van der Waals surface area contributed by atoms with Crippen LogP contribution in [0.3, 0.4) is 0 Å². The van der Waals surface area contributed by atoms with Crippen LogP contribution in [-0.4, -0.2) is 29.0 Å². The molecule has 7 heteroatoms. The first-order valence-electron chi connectivity index (χ1n) is 4.23. The van der Waals surface area contributed by atoms with Crippen LogP contribution in [0.2, 0.25) is 0 Å². The number of hydrogen-bond donors (Lipinski definition) is 2. The van der Waals surface area contributed by atoms with Gasteiger partial charge in [-0.05, 0) is 13.3 Å². The second kappa shape index (κ2) is 8.32. The van der Waals surface area contributed by atoms with Crippen molar-refractivity contribution in [2.75, 3.05) is 0 Å². The number of hydrogen-bond acceptors (Lipinski definition) is 4. The van der Waals surface area contributed by atoms with Gasteiger partial charge >= 0.3 is 35.5 Å². The number of amides is 1. The summed E-state index contributed by atoms with van der Waals surface area (Å²) in [6.45, 7) is 4.74. The molecule has 0 aromatic heterocycles. The Hall–Kier alpha value is -0.850. The van der Waals surface area contributed by atoms with Gasteiger partial charge in [0, 0.05) is 12.0 Å². The maximum Gasteiger partial charge on any atom is 1.00 e. The minimum Gasteiger partial charge on any atom is -0.548 e. The first-order valence-corrected chi connectivity index (χ1v) is 4.23. The van der Waals surface area contributed by atoms with Gasteiger partial charge in [-0.1, -0.05) is 6.58 Å². The van der Waals surface area contributed by atoms with Crippen molar-refractivity contribution in [1.82, 2.24) is 5.32 Å². The predicted octanol–water partition coefficient (Wildman–Crippen LogP) is -4.33. The minimum atomic E-state index is -1.51. The molecule has 84 valence electrons. The van der Waals surface area contributed by atoms with Gasteiger partial charge in [0.15, 0.2) is 0 Å². The van der Waals surface area contributed by atoms with Crippen molar-refractivity contribution in [2.45, 2.75) is 25.8 Å². The van der Waals surface area contributed by atoms with Gasteiger partial charge in [0.2, 0.25) is 5.91 Å². The van der Waals surface area contributed by atoms with E-state index in [1.54, 1.807) is 0 Å². The third-order valence-corrected chi connectivity index (χ3v) is 1.62. The molecule has 6 nitrogen and oxygen atoms in total. The molecule has 1 amide bonds. The predicted molar refractivity (Wildman–Crippen MR) is 48.6 cm³/mol. The molecule has 0 aliphatic carbocycles. The van der Waals surface area contributed by atoms with Gasteiger partial charge in [-0.3, -0.25) is 9.59 Å². The molecule has 0 spiro atoms. The molecular formula is C9H12NNaO5. The summed E-state index contributed by atoms with van der Waals surface area (Å²) in [4.78, 5) is 31.8. The van der Waals surface area contributed by atoms with Crippen LogP contribution >= 0.6 is 0 Å². The summed E-state index contributed by atoms with van der Waals surface area (Å²) >= 11 is 0. The van der Waals surface area contributed by atoms with E-state index in [0.717, 1.165) is 0 Å². The Morgan fingerprint density at radius 3 is 2.25 bits per heavy atom. The third kappa shape index (κ3) is 7.44. The summed E-state index contributed by atoms with van der Waals surface area (Å²) in [5.74, 6) is -3.27. The number of rotatable bonds is 6. The second-order valence-corrected chi connectivity index (χ2v) is 3.06. The normalized spacial score (nSPS) is 10.8. The van der Waals surface area contributed by atoms with E-state index in [1.807, 2.05) is 0 Å². The Kier molecular flexibility index (Phi) is 9.12. The van der Waals surface area contributed by atoms with Crippen LogP contribution < -0.4 is 40.0 Å². The monoisotopic (exact) mass is 237 g/mol. The molecule has 0 aromatic rings. The van der Waals surface area contributed by atoms with Crippen molar-refractivity contribution < 1.29 is 54.2 Å². The fraction of sp³-hybridized carbons (Fsp3) is 0.444. The van der Waals surface area contributed by atoms with Gasteiger partial charge in [-0.25, -0.2) is 0 Å². The topological polar surface area (TPSA) is 107 Å². The molecule has 0 aliphatic heterocycles. The zero-order valence-corrected chi connectivity index (χ0v) is 11.3. The Morgan fingerprint density at radius 1 is 1.44 bits per heavy atom. The van der Waals surface area contributed by atoms with Crippen molar-refractivity contribution in [3.05, 3.63) is 12.2 Å². The Morgan fingerprint density at radius 2 is 1.94 bits per heavy atom. The van der Waals surface area contributed by atoms with Gasteiger partial charge in [0.25, 0.3) is 0 Å². The first kappa shape index (κ1) is 17.5. The van der Waals surface area contributed by atoms with E-state index in [-0.39, 0.29) is 48.0 Å². The summed E-state index contributed by atoms with van der Waals surface area (Å²) in [5.41, 5.74) is 0.150. The number of carboxylic acids is 2. The van der Waals surface area contributed by atoms with Gasteiger partial charge in [-0.15, -0.1) is 0 Å². The maximum atomic E-state index is 11.1. The zero-order chi connectivity index (χ0) is 12.0. The largest absolute Gasteiger partial charge is 1.00 e. The fourth-order valence-electron chi connectivity index (χ4n) is 0.798. The molecule has 0 aliphatic rings. The first-order chi connectivity index (χ1) is 6.84. The molecule has 0 heterocycles. The Labute approximate surface area is 115 Å². The number of carbonyl (C=O) groups excluding carboxylic acids is 2. The second-order valence-electron chi connectivity index (χ2n) is 3.06. The Balaban J connectivity index is 0. The van der Waals surface area contributed by atoms with E-state index in [1.165, 1.54) is 6.92 Å². The van der Waals surface area contributed by atoms with Crippen LogP contribution in [0, 0.1) is 0 Å². The summed E-state index contributed by atoms with van der Waals surface area (Å²) in [7, 11) is 0. The summed E-state index contributed by atoms with van der Waals surface area (Å²) in [6.07, 6.45) is -0.564. The summed E-state index contributed by atoms with van der Waals surface area (Å²) in [6, 6.07) is -1.30. The molecule has 1 atom stereocenters. The number of carbonyl (C=O) groups is 3. The molecule has 0 bridgehead atoms. The van der Waals surface area contributed by atoms with Crippen LogP contribution in [0.25, 0.3) is 0 Å². The fourth-order valence-corrected chi connectivity index (χ4v) is 0.798. The van der Waals surface area contributed by atoms with E-state index in [0.29, 0.717) is 0 Å². The van der Waals surface area contributed by atoms with E-state index in [4.69, 9.17) is 5.11 Å². The molecule has 0 aromatic carbocycles. The third-order valence-electron chi connectivity index (χ3n) is 1.62. The quantitative estimate of drug-likeness (QED) is 0.359. The number of aliphatic carboxylic acids is 2. The maximum absolute atomic E-state index is 11.1. The Bertz CT molecular complexity index is 302. The van der Waals surface area contributed by atoms with Gasteiger partial charge in [0.1, 0.15) is 0 Å². The summed E-state index contributed by atoms with van der Waals surface area (Å²) in [5, 5.41) is 21.0. The van der Waals surface area contributed by atoms with Crippen LogP contribution in [-0.2, 0) is 14.4 Å². The smallest absolute Gasteiger partial charge is 0.548 e. The average molecular weight is 237 g/mol. The van der Waals surface area contributed by atoms with Crippen LogP contribution in [0.15, 0.2) is 12.2 Å². The van der Waals surface area contributed by atoms with Gasteiger partial charge < -0.3 is 20.3 Å². The van der Waals surface area contributed by atoms with Crippen molar-refractivity contribution in [3.8, 4) is 0 Å². The van der Waals surface area contributed by atoms with E-state index in [9.17, 15) is 19.5 Å². The summed E-state index contributed by atoms with van der Waals surface area (Å²) < 4.78 is 0. The van der Waals surface area contributed by atoms with Crippen molar-refractivity contribution >= 4 is 17.8 Å². The van der Waals surface area contributed by atoms with Gasteiger partial charge in [0.05, 0.1) is 12.0 Å². The molecule has 0 saturated carbocycles. The molecule has 0 radical (unpaired) electrons. The van der Waals surface area contributed by atoms with Crippen LogP contribution in [0.4, 0.5) is 0 Å². The zero-order valence-electron chi connectivity index (χ0n) is 9.28. The molecule has 16 heavy (non-hydrogen) atoms. The SMILES string of the molecule is C=C(C)C(=O)N[C@@H](CCC(=O)O)C(=O)[O-].[Na+]. The van der Waals surface area contributed by atoms with Crippen LogP contribution in [0.5, 0.6) is 0 Å². The average Bonchev–Trinajstić information content (AvgIpc) is 2.10. The number of nitrogens with one attached hydrogen (secondary N) is 1. The van der Waals surface area contributed by atoms with E-state index in [2.05, 4.69) is 11.9 Å². The molecule has 0 rings (SSSR count). The van der Waals surface area contributed by atoms with Crippen molar-refractivity contribution in [3.63, 3.8) is 0 Å². The van der Waals surface area contributed by atoms with Crippen molar-refractivity contribution in [1.29, 1.82) is 0 Å². The number of carboxylic acid groups (broad SMARTS) is 2. The molecule has 0 fully saturated rings. The van der Waals surface area contributed by atoms with E-state index < -0.39 is 23.9 Å². The molecular weight excluding hydrogens is 225 g/mol. The molecule has 0 unspecified atom stereocenters. The van der Waals surface area contributed by atoms with Crippen molar-refractivity contribution in [2.24, 2.45) is 0 Å². The van der Waals surface area contributed by atoms with Crippen LogP contribution in [0.1, 0.15) is 19.8 Å². The van der Waals surface area contributed by atoms with E-state index >= 15 is 0 Å². The molecule has 0 saturated heterocycles.